The summed E-state index contributed by atoms with van der Waals surface area (Å²) in [4.78, 5) is 17.9. The van der Waals surface area contributed by atoms with Gasteiger partial charge in [-0.15, -0.1) is 11.3 Å². The number of hydrogen-bond acceptors (Lipinski definition) is 5. The Balaban J connectivity index is 1.45. The molecule has 0 saturated carbocycles. The fourth-order valence-corrected chi connectivity index (χ4v) is 3.78. The van der Waals surface area contributed by atoms with Gasteiger partial charge in [-0.1, -0.05) is 19.1 Å². The third kappa shape index (κ3) is 3.69. The number of benzene rings is 1. The number of hydrogen-bond donors (Lipinski definition) is 2. The Labute approximate surface area is 164 Å². The molecule has 0 aliphatic rings. The van der Waals surface area contributed by atoms with Gasteiger partial charge in [0.05, 0.1) is 5.69 Å². The van der Waals surface area contributed by atoms with Gasteiger partial charge in [0.25, 0.3) is 0 Å². The van der Waals surface area contributed by atoms with Gasteiger partial charge < -0.3 is 5.32 Å². The summed E-state index contributed by atoms with van der Waals surface area (Å²) in [6.45, 7) is 2.21. The minimum atomic E-state index is -0.139. The number of rotatable bonds is 6. The van der Waals surface area contributed by atoms with E-state index in [0.29, 0.717) is 4.77 Å². The number of thiazole rings is 1. The van der Waals surface area contributed by atoms with Crippen molar-refractivity contribution in [3.05, 3.63) is 52.6 Å². The number of imidazole rings is 1. The van der Waals surface area contributed by atoms with Crippen molar-refractivity contribution in [2.24, 2.45) is 0 Å². The molecule has 3 heterocycles. The van der Waals surface area contributed by atoms with Crippen molar-refractivity contribution >= 4 is 40.1 Å². The Morgan fingerprint density at radius 2 is 2.15 bits per heavy atom. The molecule has 0 bridgehead atoms. The number of aryl methyl sites for hydroxylation is 1. The first-order valence-electron chi connectivity index (χ1n) is 8.60. The first kappa shape index (κ1) is 17.6. The molecule has 0 aliphatic carbocycles. The van der Waals surface area contributed by atoms with Crippen LogP contribution in [0.1, 0.15) is 19.2 Å². The number of carbonyl (C=O) groups excluding carboxylic acids is 1. The van der Waals surface area contributed by atoms with E-state index in [-0.39, 0.29) is 12.5 Å². The van der Waals surface area contributed by atoms with Crippen molar-refractivity contribution in [3.8, 4) is 11.3 Å². The second-order valence-electron chi connectivity index (χ2n) is 6.13. The summed E-state index contributed by atoms with van der Waals surface area (Å²) in [5, 5.41) is 11.8. The molecule has 4 rings (SSSR count). The van der Waals surface area contributed by atoms with Crippen molar-refractivity contribution in [2.75, 3.05) is 5.32 Å². The number of nitrogens with one attached hydrogen (secondary N) is 2. The predicted octanol–water partition coefficient (Wildman–Crippen LogP) is 3.91. The maximum Gasteiger partial charge on any atom is 0.244 e. The number of H-pyrrole nitrogens is 1. The Morgan fingerprint density at radius 3 is 2.89 bits per heavy atom. The molecule has 0 radical (unpaired) electrons. The van der Waals surface area contributed by atoms with Crippen molar-refractivity contribution < 1.29 is 4.79 Å². The third-order valence-corrected chi connectivity index (χ3v) is 5.25. The first-order valence-corrected chi connectivity index (χ1v) is 9.89. The maximum atomic E-state index is 12.4. The molecule has 0 fully saturated rings. The smallest absolute Gasteiger partial charge is 0.244 e. The molecule has 0 aliphatic heterocycles. The van der Waals surface area contributed by atoms with Gasteiger partial charge in [0.2, 0.25) is 5.91 Å². The highest BCUT2D eigenvalue weighted by molar-refractivity contribution is 7.71. The Bertz CT molecular complexity index is 1110. The van der Waals surface area contributed by atoms with Gasteiger partial charge >= 0.3 is 0 Å². The van der Waals surface area contributed by atoms with E-state index in [2.05, 4.69) is 27.4 Å². The highest BCUT2D eigenvalue weighted by Crippen LogP contribution is 2.23. The van der Waals surface area contributed by atoms with Crippen LogP contribution in [0.4, 0.5) is 5.69 Å². The minimum Gasteiger partial charge on any atom is -0.325 e. The molecule has 1 aromatic carbocycles. The maximum absolute atomic E-state index is 12.4. The quantitative estimate of drug-likeness (QED) is 0.483. The number of fused-ring (bicyclic) bond motifs is 1. The summed E-state index contributed by atoms with van der Waals surface area (Å²) in [6.07, 6.45) is 5.69. The van der Waals surface area contributed by atoms with Gasteiger partial charge in [0, 0.05) is 35.4 Å². The van der Waals surface area contributed by atoms with Gasteiger partial charge in [-0.25, -0.2) is 4.98 Å². The van der Waals surface area contributed by atoms with Crippen LogP contribution in [0.15, 0.2) is 42.0 Å². The largest absolute Gasteiger partial charge is 0.325 e. The van der Waals surface area contributed by atoms with Crippen LogP contribution >= 0.6 is 23.6 Å². The van der Waals surface area contributed by atoms with E-state index >= 15 is 0 Å². The Morgan fingerprint density at radius 1 is 1.33 bits per heavy atom. The predicted molar refractivity (Wildman–Crippen MR) is 109 cm³/mol. The molecule has 27 heavy (non-hydrogen) atoms. The van der Waals surface area contributed by atoms with Crippen LogP contribution in [0.25, 0.3) is 16.2 Å². The van der Waals surface area contributed by atoms with Crippen LogP contribution in [0.2, 0.25) is 0 Å². The van der Waals surface area contributed by atoms with E-state index in [1.165, 1.54) is 0 Å². The van der Waals surface area contributed by atoms with Crippen LogP contribution in [0.3, 0.4) is 0 Å². The average Bonchev–Trinajstić information content (AvgIpc) is 3.33. The highest BCUT2D eigenvalue weighted by Gasteiger charge is 2.11. The molecule has 2 N–H and O–H groups in total. The van der Waals surface area contributed by atoms with Crippen LogP contribution in [0.5, 0.6) is 0 Å². The summed E-state index contributed by atoms with van der Waals surface area (Å²) in [5.41, 5.74) is 2.65. The van der Waals surface area contributed by atoms with Gasteiger partial charge in [0.15, 0.2) is 9.73 Å². The van der Waals surface area contributed by atoms with E-state index in [1.54, 1.807) is 15.9 Å². The second kappa shape index (κ2) is 7.45. The van der Waals surface area contributed by atoms with Crippen LogP contribution in [-0.4, -0.2) is 30.1 Å². The lowest BCUT2D eigenvalue weighted by atomic mass is 10.1. The fourth-order valence-electron chi connectivity index (χ4n) is 2.86. The number of anilines is 1. The minimum absolute atomic E-state index is 0.139. The number of nitrogens with zero attached hydrogens (tertiary/aromatic N) is 4. The molecule has 0 atom stereocenters. The monoisotopic (exact) mass is 398 g/mol. The van der Waals surface area contributed by atoms with E-state index < -0.39 is 0 Å². The second-order valence-corrected chi connectivity index (χ2v) is 7.39. The van der Waals surface area contributed by atoms with Crippen LogP contribution < -0.4 is 5.32 Å². The normalized spacial score (nSPS) is 11.1. The van der Waals surface area contributed by atoms with Gasteiger partial charge in [0.1, 0.15) is 12.4 Å². The summed E-state index contributed by atoms with van der Waals surface area (Å²) in [7, 11) is 0. The van der Waals surface area contributed by atoms with Gasteiger partial charge in [-0.3, -0.25) is 18.9 Å². The molecule has 0 unspecified atom stereocenters. The Hall–Kier alpha value is -2.78. The molecule has 0 saturated heterocycles. The van der Waals surface area contributed by atoms with Crippen LogP contribution in [0, 0.1) is 4.77 Å². The highest BCUT2D eigenvalue weighted by atomic mass is 32.1. The van der Waals surface area contributed by atoms with E-state index in [9.17, 15) is 4.79 Å². The van der Waals surface area contributed by atoms with E-state index in [4.69, 9.17) is 12.2 Å². The molecule has 138 valence electrons. The van der Waals surface area contributed by atoms with Gasteiger partial charge in [-0.2, -0.15) is 5.10 Å². The molecule has 4 aromatic rings. The lowest BCUT2D eigenvalue weighted by molar-refractivity contribution is -0.116. The SMILES string of the molecule is CCCc1n[nH]c(=S)n1CC(=O)Nc1ccc(-c2cn3ccsc3n2)cc1. The van der Waals surface area contributed by atoms with E-state index in [1.807, 2.05) is 46.4 Å². The average molecular weight is 399 g/mol. The lowest BCUT2D eigenvalue weighted by Gasteiger charge is -2.08. The molecule has 0 spiro atoms. The van der Waals surface area contributed by atoms with Crippen molar-refractivity contribution in [2.45, 2.75) is 26.3 Å². The summed E-state index contributed by atoms with van der Waals surface area (Å²) >= 11 is 6.82. The number of amides is 1. The molecule has 9 heteroatoms. The zero-order valence-corrected chi connectivity index (χ0v) is 16.3. The van der Waals surface area contributed by atoms with E-state index in [0.717, 1.165) is 40.6 Å². The van der Waals surface area contributed by atoms with Gasteiger partial charge in [-0.05, 0) is 30.8 Å². The summed E-state index contributed by atoms with van der Waals surface area (Å²) < 4.78 is 4.20. The number of aromatic amines is 1. The van der Waals surface area contributed by atoms with Crippen LogP contribution in [-0.2, 0) is 17.8 Å². The number of carbonyl (C=O) groups is 1. The molecule has 3 aromatic heterocycles. The molecular weight excluding hydrogens is 380 g/mol. The molecule has 7 nitrogen and oxygen atoms in total. The van der Waals surface area contributed by atoms with Crippen molar-refractivity contribution in [1.29, 1.82) is 0 Å². The third-order valence-electron chi connectivity index (χ3n) is 4.17. The summed E-state index contributed by atoms with van der Waals surface area (Å²) in [6, 6.07) is 7.66. The topological polar surface area (TPSA) is 80.0 Å². The Kier molecular flexibility index (Phi) is 4.87. The zero-order valence-electron chi connectivity index (χ0n) is 14.7. The zero-order chi connectivity index (χ0) is 18.8. The lowest BCUT2D eigenvalue weighted by Crippen LogP contribution is -2.20. The molecular formula is C18H18N6OS2. The molecule has 1 amide bonds. The van der Waals surface area contributed by atoms with Crippen molar-refractivity contribution in [3.63, 3.8) is 0 Å². The fraction of sp³-hybridized carbons (Fsp3) is 0.222. The number of aromatic nitrogens is 5. The first-order chi connectivity index (χ1) is 13.1. The standard InChI is InChI=1S/C18H18N6OS2/c1-2-3-15-21-22-17(26)24(15)11-16(25)19-13-6-4-12(5-7-13)14-10-23-8-9-27-18(23)20-14/h4-10H,2-3,11H2,1H3,(H,19,25)(H,22,26). The summed E-state index contributed by atoms with van der Waals surface area (Å²) in [5.74, 6) is 0.660. The van der Waals surface area contributed by atoms with Crippen molar-refractivity contribution in [1.82, 2.24) is 24.1 Å².